The molecule has 0 aromatic rings. The highest BCUT2D eigenvalue weighted by Gasteiger charge is 2.59. The van der Waals surface area contributed by atoms with Gasteiger partial charge in [0.25, 0.3) is 0 Å². The van der Waals surface area contributed by atoms with E-state index in [1.165, 1.54) is 12.8 Å². The minimum atomic E-state index is -1.26. The maximum absolute atomic E-state index is 2.49. The molecule has 1 heterocycles. The summed E-state index contributed by atoms with van der Waals surface area (Å²) in [5.74, 6) is 3.57. The van der Waals surface area contributed by atoms with Crippen molar-refractivity contribution in [2.24, 2.45) is 23.7 Å². The first kappa shape index (κ1) is 18.2. The Morgan fingerprint density at radius 2 is 1.00 bits per heavy atom. The lowest BCUT2D eigenvalue weighted by atomic mass is 9.80. The molecule has 0 bridgehead atoms. The Labute approximate surface area is 167 Å². The van der Waals surface area contributed by atoms with Gasteiger partial charge >= 0.3 is 0 Å². The first-order valence-electron chi connectivity index (χ1n) is 11.7. The van der Waals surface area contributed by atoms with E-state index in [1.807, 2.05) is 0 Å². The quantitative estimate of drug-likeness (QED) is 0.429. The number of rotatable bonds is 2. The minimum Gasteiger partial charge on any atom is -0.0696 e. The molecule has 0 N–H and O–H groups in total. The zero-order valence-corrected chi connectivity index (χ0v) is 18.9. The van der Waals surface area contributed by atoms with Gasteiger partial charge in [0.15, 0.2) is 0 Å². The first-order chi connectivity index (χ1) is 13.0. The number of allylic oxidation sites excluding steroid dienone is 8. The summed E-state index contributed by atoms with van der Waals surface area (Å²) in [5, 5.41) is 0. The highest BCUT2D eigenvalue weighted by molar-refractivity contribution is 6.83. The number of hydrogen-bond donors (Lipinski definition) is 0. The smallest absolute Gasteiger partial charge is 0.0610 e. The lowest BCUT2D eigenvalue weighted by molar-refractivity contribution is 0.465. The van der Waals surface area contributed by atoms with Gasteiger partial charge in [0, 0.05) is 0 Å². The second kappa shape index (κ2) is 6.61. The maximum atomic E-state index is 2.49. The topological polar surface area (TPSA) is 0 Å². The molecule has 0 aromatic carbocycles. The Balaban J connectivity index is 1.53. The highest BCUT2D eigenvalue weighted by atomic mass is 28.3. The van der Waals surface area contributed by atoms with Crippen molar-refractivity contribution in [2.75, 3.05) is 0 Å². The zero-order valence-electron chi connectivity index (χ0n) is 17.9. The van der Waals surface area contributed by atoms with Gasteiger partial charge in [-0.1, -0.05) is 84.4 Å². The van der Waals surface area contributed by atoms with Crippen LogP contribution in [-0.2, 0) is 0 Å². The van der Waals surface area contributed by atoms with Crippen molar-refractivity contribution < 1.29 is 0 Å². The van der Waals surface area contributed by atoms with Crippen molar-refractivity contribution >= 4 is 8.07 Å². The summed E-state index contributed by atoms with van der Waals surface area (Å²) in [6.07, 6.45) is 19.0. The molecule has 4 aliphatic carbocycles. The molecule has 1 saturated heterocycles. The van der Waals surface area contributed by atoms with Crippen LogP contribution in [0.1, 0.15) is 66.2 Å². The average Bonchev–Trinajstić information content (AvgIpc) is 3.38. The second-order valence-electron chi connectivity index (χ2n) is 10.7. The van der Waals surface area contributed by atoms with Crippen LogP contribution in [0.2, 0.25) is 23.2 Å². The average molecular weight is 379 g/mol. The third-order valence-electron chi connectivity index (χ3n) is 9.76. The fourth-order valence-corrected chi connectivity index (χ4v) is 16.6. The van der Waals surface area contributed by atoms with E-state index >= 15 is 0 Å². The molecule has 0 aromatic heterocycles. The summed E-state index contributed by atoms with van der Waals surface area (Å²) >= 11 is 0. The van der Waals surface area contributed by atoms with Crippen LogP contribution >= 0.6 is 0 Å². The summed E-state index contributed by atoms with van der Waals surface area (Å²) in [6, 6.07) is 3.31. The molecule has 5 unspecified atom stereocenters. The molecular formula is C26H38Si. The van der Waals surface area contributed by atoms with E-state index in [-0.39, 0.29) is 0 Å². The molecule has 0 nitrogen and oxygen atoms in total. The van der Waals surface area contributed by atoms with Crippen LogP contribution in [0.3, 0.4) is 0 Å². The van der Waals surface area contributed by atoms with Crippen LogP contribution in [0.15, 0.2) is 46.6 Å². The van der Waals surface area contributed by atoms with Gasteiger partial charge in [0.2, 0.25) is 0 Å². The fraction of sp³-hybridized carbons (Fsp3) is 0.692. The van der Waals surface area contributed by atoms with E-state index in [0.29, 0.717) is 0 Å². The molecule has 0 amide bonds. The van der Waals surface area contributed by atoms with E-state index in [0.717, 1.165) is 34.8 Å². The molecule has 5 aliphatic rings. The highest BCUT2D eigenvalue weighted by Crippen LogP contribution is 2.66. The van der Waals surface area contributed by atoms with Crippen molar-refractivity contribution in [3.8, 4) is 0 Å². The molecular weight excluding hydrogens is 340 g/mol. The van der Waals surface area contributed by atoms with Crippen molar-refractivity contribution in [3.63, 3.8) is 0 Å². The Hall–Kier alpha value is -0.823. The molecule has 0 radical (unpaired) electrons. The second-order valence-corrected chi connectivity index (χ2v) is 15.7. The Morgan fingerprint density at radius 1 is 0.593 bits per heavy atom. The Morgan fingerprint density at radius 3 is 1.44 bits per heavy atom. The summed E-state index contributed by atoms with van der Waals surface area (Å²) in [4.78, 5) is 0. The van der Waals surface area contributed by atoms with E-state index < -0.39 is 8.07 Å². The van der Waals surface area contributed by atoms with E-state index in [2.05, 4.69) is 52.0 Å². The van der Waals surface area contributed by atoms with Gasteiger partial charge in [0.05, 0.1) is 8.07 Å². The van der Waals surface area contributed by atoms with Crippen LogP contribution in [0.25, 0.3) is 0 Å². The van der Waals surface area contributed by atoms with Gasteiger partial charge in [-0.3, -0.25) is 0 Å². The van der Waals surface area contributed by atoms with Crippen molar-refractivity contribution in [1.29, 1.82) is 0 Å². The van der Waals surface area contributed by atoms with Crippen molar-refractivity contribution in [1.82, 2.24) is 0 Å². The normalized spacial score (nSPS) is 42.8. The van der Waals surface area contributed by atoms with Crippen molar-refractivity contribution in [3.05, 3.63) is 46.6 Å². The largest absolute Gasteiger partial charge is 0.0696 e. The molecule has 1 aliphatic heterocycles. The van der Waals surface area contributed by atoms with Crippen LogP contribution in [0.4, 0.5) is 0 Å². The van der Waals surface area contributed by atoms with Crippen LogP contribution in [0, 0.1) is 23.7 Å². The number of fused-ring (bicyclic) bond motifs is 2. The lowest BCUT2D eigenvalue weighted by Gasteiger charge is -2.47. The zero-order chi connectivity index (χ0) is 18.8. The maximum Gasteiger partial charge on any atom is 0.0610 e. The molecule has 1 heteroatoms. The van der Waals surface area contributed by atoms with E-state index in [1.54, 1.807) is 60.1 Å². The first-order valence-corrected chi connectivity index (χ1v) is 14.3. The molecule has 5 rings (SSSR count). The predicted octanol–water partition coefficient (Wildman–Crippen LogP) is 7.83. The molecule has 27 heavy (non-hydrogen) atoms. The molecule has 0 spiro atoms. The van der Waals surface area contributed by atoms with E-state index in [9.17, 15) is 0 Å². The SMILES string of the molecule is CC1=CC=C(C)C2C1CCC2[Si]1([C@@H]2CCC3C(C)=CC=C(C)C32)CCCC1. The summed E-state index contributed by atoms with van der Waals surface area (Å²) in [6.45, 7) is 9.76. The van der Waals surface area contributed by atoms with Gasteiger partial charge < -0.3 is 0 Å². The molecule has 3 fully saturated rings. The predicted molar refractivity (Wildman–Crippen MR) is 120 cm³/mol. The summed E-state index contributed by atoms with van der Waals surface area (Å²) in [5.41, 5.74) is 8.99. The van der Waals surface area contributed by atoms with Gasteiger partial charge in [0.1, 0.15) is 0 Å². The molecule has 6 atom stereocenters. The van der Waals surface area contributed by atoms with Crippen LogP contribution in [0.5, 0.6) is 0 Å². The van der Waals surface area contributed by atoms with Crippen molar-refractivity contribution in [2.45, 2.75) is 89.4 Å². The lowest BCUT2D eigenvalue weighted by Crippen LogP contribution is -2.46. The van der Waals surface area contributed by atoms with Gasteiger partial charge in [-0.05, 0) is 75.3 Å². The summed E-state index contributed by atoms with van der Waals surface area (Å²) < 4.78 is 0. The van der Waals surface area contributed by atoms with Gasteiger partial charge in [-0.25, -0.2) is 0 Å². The third-order valence-corrected chi connectivity index (χ3v) is 16.6. The Bertz CT molecular complexity index is 684. The monoisotopic (exact) mass is 378 g/mol. The van der Waals surface area contributed by atoms with Crippen LogP contribution in [-0.4, -0.2) is 8.07 Å². The van der Waals surface area contributed by atoms with E-state index in [4.69, 9.17) is 0 Å². The van der Waals surface area contributed by atoms with Gasteiger partial charge in [-0.2, -0.15) is 0 Å². The summed E-state index contributed by atoms with van der Waals surface area (Å²) in [7, 11) is -1.26. The standard InChI is InChI=1S/C26H38Si/c1-17-7-9-19(3)25-21(17)11-13-23(25)27(15-5-6-16-27)24-14-12-22-18(2)8-10-20(4)26(22)24/h7-10,21-26H,5-6,11-16H2,1-4H3/t21?,22?,23-,24?,25?,26?/m1/s1. The minimum absolute atomic E-state index is 0.881. The molecule has 146 valence electrons. The fourth-order valence-electron chi connectivity index (χ4n) is 8.62. The third kappa shape index (κ3) is 2.60. The van der Waals surface area contributed by atoms with Crippen LogP contribution < -0.4 is 0 Å². The Kier molecular flexibility index (Phi) is 4.46. The van der Waals surface area contributed by atoms with Gasteiger partial charge in [-0.15, -0.1) is 0 Å². The molecule has 2 saturated carbocycles. The number of hydrogen-bond acceptors (Lipinski definition) is 0.